The molecule has 0 saturated carbocycles. The Morgan fingerprint density at radius 3 is 2.45 bits per heavy atom. The molecule has 0 fully saturated rings. The molecule has 114 valence electrons. The van der Waals surface area contributed by atoms with Crippen LogP contribution in [0.15, 0.2) is 18.2 Å². The Hall–Kier alpha value is -0.640. The molecule has 0 aliphatic heterocycles. The van der Waals surface area contributed by atoms with Crippen LogP contribution in [0.1, 0.15) is 33.3 Å². The van der Waals surface area contributed by atoms with E-state index in [9.17, 15) is 4.39 Å². The van der Waals surface area contributed by atoms with Crippen LogP contribution in [0.25, 0.3) is 0 Å². The zero-order valence-corrected chi connectivity index (χ0v) is 13.7. The van der Waals surface area contributed by atoms with Gasteiger partial charge in [0.15, 0.2) is 0 Å². The molecule has 1 rings (SSSR count). The van der Waals surface area contributed by atoms with Crippen LogP contribution in [0, 0.1) is 11.2 Å². The van der Waals surface area contributed by atoms with Crippen LogP contribution >= 0.6 is 11.6 Å². The van der Waals surface area contributed by atoms with Gasteiger partial charge in [0, 0.05) is 12.6 Å². The first-order chi connectivity index (χ1) is 9.29. The highest BCUT2D eigenvalue weighted by Gasteiger charge is 2.32. The van der Waals surface area contributed by atoms with Gasteiger partial charge < -0.3 is 10.1 Å². The molecule has 0 spiro atoms. The molecule has 1 N–H and O–H groups in total. The summed E-state index contributed by atoms with van der Waals surface area (Å²) >= 11 is 5.84. The quantitative estimate of drug-likeness (QED) is 0.855. The van der Waals surface area contributed by atoms with Gasteiger partial charge in [-0.2, -0.15) is 0 Å². The Balaban J connectivity index is 2.91. The number of hydrogen-bond acceptors (Lipinski definition) is 2. The largest absolute Gasteiger partial charge is 0.376 e. The molecule has 0 radical (unpaired) electrons. The standard InChI is InChI=1S/C16H25ClFNO/c1-6-20-15(16(2,3)4)14(19-5)10-11-7-8-13(18)12(17)9-11/h7-9,14-15,19H,6,10H2,1-5H3. The number of benzene rings is 1. The van der Waals surface area contributed by atoms with Crippen molar-refractivity contribution in [1.29, 1.82) is 0 Å². The molecular weight excluding hydrogens is 277 g/mol. The van der Waals surface area contributed by atoms with E-state index in [4.69, 9.17) is 16.3 Å². The Morgan fingerprint density at radius 2 is 2.00 bits per heavy atom. The predicted octanol–water partition coefficient (Wildman–Crippen LogP) is 4.06. The van der Waals surface area contributed by atoms with Gasteiger partial charge in [-0.15, -0.1) is 0 Å². The smallest absolute Gasteiger partial charge is 0.141 e. The highest BCUT2D eigenvalue weighted by molar-refractivity contribution is 6.30. The van der Waals surface area contributed by atoms with Gasteiger partial charge in [-0.05, 0) is 43.5 Å². The van der Waals surface area contributed by atoms with Crippen LogP contribution < -0.4 is 5.32 Å². The van der Waals surface area contributed by atoms with E-state index in [1.807, 2.05) is 14.0 Å². The number of rotatable bonds is 6. The van der Waals surface area contributed by atoms with E-state index in [1.165, 1.54) is 6.07 Å². The summed E-state index contributed by atoms with van der Waals surface area (Å²) in [5, 5.41) is 3.48. The second-order valence-electron chi connectivity index (χ2n) is 6.09. The molecule has 0 amide bonds. The molecule has 0 aliphatic rings. The molecule has 0 saturated heterocycles. The summed E-state index contributed by atoms with van der Waals surface area (Å²) < 4.78 is 19.1. The summed E-state index contributed by atoms with van der Waals surface area (Å²) in [6.45, 7) is 9.16. The van der Waals surface area contributed by atoms with E-state index in [1.54, 1.807) is 12.1 Å². The van der Waals surface area contributed by atoms with Crippen LogP contribution in [-0.2, 0) is 11.2 Å². The summed E-state index contributed by atoms with van der Waals surface area (Å²) in [5.74, 6) is -0.381. The summed E-state index contributed by atoms with van der Waals surface area (Å²) in [4.78, 5) is 0. The molecule has 0 aromatic heterocycles. The number of nitrogens with one attached hydrogen (secondary N) is 1. The number of hydrogen-bond donors (Lipinski definition) is 1. The normalized spacial score (nSPS) is 15.2. The van der Waals surface area contributed by atoms with Crippen LogP contribution in [0.5, 0.6) is 0 Å². The second kappa shape index (κ2) is 7.39. The first-order valence-electron chi connectivity index (χ1n) is 7.02. The van der Waals surface area contributed by atoms with E-state index >= 15 is 0 Å². The Labute approximate surface area is 126 Å². The van der Waals surface area contributed by atoms with Crippen LogP contribution in [0.3, 0.4) is 0 Å². The van der Waals surface area contributed by atoms with Crippen molar-refractivity contribution in [2.45, 2.75) is 46.3 Å². The van der Waals surface area contributed by atoms with Crippen molar-refractivity contribution in [2.24, 2.45) is 5.41 Å². The monoisotopic (exact) mass is 301 g/mol. The Kier molecular flexibility index (Phi) is 6.44. The highest BCUT2D eigenvalue weighted by Crippen LogP contribution is 2.27. The maximum Gasteiger partial charge on any atom is 0.141 e. The van der Waals surface area contributed by atoms with Gasteiger partial charge in [-0.25, -0.2) is 4.39 Å². The lowest BCUT2D eigenvalue weighted by atomic mass is 9.82. The van der Waals surface area contributed by atoms with E-state index in [2.05, 4.69) is 26.1 Å². The maximum atomic E-state index is 13.2. The topological polar surface area (TPSA) is 21.3 Å². The van der Waals surface area contributed by atoms with Gasteiger partial charge >= 0.3 is 0 Å². The number of ether oxygens (including phenoxy) is 1. The van der Waals surface area contributed by atoms with Crippen molar-refractivity contribution in [1.82, 2.24) is 5.32 Å². The van der Waals surface area contributed by atoms with Crippen molar-refractivity contribution in [3.05, 3.63) is 34.6 Å². The van der Waals surface area contributed by atoms with Crippen molar-refractivity contribution < 1.29 is 9.13 Å². The second-order valence-corrected chi connectivity index (χ2v) is 6.50. The van der Waals surface area contributed by atoms with Crippen molar-refractivity contribution in [3.8, 4) is 0 Å². The number of halogens is 2. The molecular formula is C16H25ClFNO. The lowest BCUT2D eigenvalue weighted by Crippen LogP contribution is -2.48. The van der Waals surface area contributed by atoms with Crippen molar-refractivity contribution in [3.63, 3.8) is 0 Å². The van der Waals surface area contributed by atoms with E-state index in [-0.39, 0.29) is 28.4 Å². The SMILES string of the molecule is CCOC(C(Cc1ccc(F)c(Cl)c1)NC)C(C)(C)C. The fraction of sp³-hybridized carbons (Fsp3) is 0.625. The third-order valence-corrected chi connectivity index (χ3v) is 3.67. The van der Waals surface area contributed by atoms with Gasteiger partial charge in [0.2, 0.25) is 0 Å². The van der Waals surface area contributed by atoms with Crippen LogP contribution in [0.2, 0.25) is 5.02 Å². The number of likely N-dealkylation sites (N-methyl/N-ethyl adjacent to an activating group) is 1. The maximum absolute atomic E-state index is 13.2. The summed E-state index contributed by atoms with van der Waals surface area (Å²) in [6, 6.07) is 5.03. The molecule has 0 heterocycles. The first kappa shape index (κ1) is 17.4. The minimum absolute atomic E-state index is 0.0213. The van der Waals surface area contributed by atoms with E-state index in [0.717, 1.165) is 12.0 Å². The first-order valence-corrected chi connectivity index (χ1v) is 7.40. The molecule has 1 aromatic rings. The molecule has 0 bridgehead atoms. The molecule has 2 unspecified atom stereocenters. The molecule has 0 aliphatic carbocycles. The van der Waals surface area contributed by atoms with Crippen molar-refractivity contribution in [2.75, 3.05) is 13.7 Å². The van der Waals surface area contributed by atoms with Gasteiger partial charge in [0.25, 0.3) is 0 Å². The molecule has 20 heavy (non-hydrogen) atoms. The summed E-state index contributed by atoms with van der Waals surface area (Å²) in [6.07, 6.45) is 0.819. The van der Waals surface area contributed by atoms with Crippen LogP contribution in [0.4, 0.5) is 4.39 Å². The van der Waals surface area contributed by atoms with Gasteiger partial charge in [-0.1, -0.05) is 38.4 Å². The van der Waals surface area contributed by atoms with Crippen LogP contribution in [-0.4, -0.2) is 25.8 Å². The zero-order chi connectivity index (χ0) is 15.3. The molecule has 4 heteroatoms. The third kappa shape index (κ3) is 4.72. The van der Waals surface area contributed by atoms with Gasteiger partial charge in [-0.3, -0.25) is 0 Å². The predicted molar refractivity (Wildman–Crippen MR) is 82.8 cm³/mol. The summed E-state index contributed by atoms with van der Waals surface area (Å²) in [5.41, 5.74) is 1.03. The average molecular weight is 302 g/mol. The van der Waals surface area contributed by atoms with E-state index in [0.29, 0.717) is 6.61 Å². The zero-order valence-electron chi connectivity index (χ0n) is 13.0. The third-order valence-electron chi connectivity index (χ3n) is 3.38. The van der Waals surface area contributed by atoms with E-state index < -0.39 is 0 Å². The fourth-order valence-corrected chi connectivity index (χ4v) is 2.63. The lowest BCUT2D eigenvalue weighted by Gasteiger charge is -2.36. The molecule has 2 nitrogen and oxygen atoms in total. The Morgan fingerprint density at radius 1 is 1.35 bits per heavy atom. The minimum atomic E-state index is -0.381. The average Bonchev–Trinajstić information content (AvgIpc) is 2.36. The summed E-state index contributed by atoms with van der Waals surface area (Å²) in [7, 11) is 1.92. The lowest BCUT2D eigenvalue weighted by molar-refractivity contribution is -0.0340. The van der Waals surface area contributed by atoms with Gasteiger partial charge in [0.05, 0.1) is 11.1 Å². The molecule has 2 atom stereocenters. The molecule has 1 aromatic carbocycles. The fourth-order valence-electron chi connectivity index (χ4n) is 2.43. The minimum Gasteiger partial charge on any atom is -0.376 e. The Bertz CT molecular complexity index is 431. The van der Waals surface area contributed by atoms with Gasteiger partial charge in [0.1, 0.15) is 5.82 Å². The highest BCUT2D eigenvalue weighted by atomic mass is 35.5. The van der Waals surface area contributed by atoms with Crippen molar-refractivity contribution >= 4 is 11.6 Å².